The molecule has 0 aliphatic rings. The summed E-state index contributed by atoms with van der Waals surface area (Å²) in [5, 5.41) is 3.55. The first-order valence-corrected chi connectivity index (χ1v) is 10.3. The smallest absolute Gasteiger partial charge is 0.201 e. The second-order valence-corrected chi connectivity index (χ2v) is 7.75. The Bertz CT molecular complexity index is 1520. The van der Waals surface area contributed by atoms with Gasteiger partial charge in [-0.15, -0.1) is 0 Å². The van der Waals surface area contributed by atoms with Crippen LogP contribution in [0.1, 0.15) is 21.7 Å². The first-order valence-electron chi connectivity index (χ1n) is 10.3. The van der Waals surface area contributed by atoms with E-state index in [9.17, 15) is 13.6 Å². The summed E-state index contributed by atoms with van der Waals surface area (Å²) in [6.45, 7) is 0.811. The number of fused-ring (bicyclic) bond motifs is 2. The molecule has 0 atom stereocenters. The third-order valence-electron chi connectivity index (χ3n) is 5.60. The lowest BCUT2D eigenvalue weighted by Crippen LogP contribution is -2.10. The number of nitrogen functional groups attached to an aromatic ring is 1. The van der Waals surface area contributed by atoms with E-state index in [1.54, 1.807) is 12.3 Å². The number of halogens is 2. The van der Waals surface area contributed by atoms with Crippen molar-refractivity contribution >= 4 is 33.5 Å². The van der Waals surface area contributed by atoms with E-state index < -0.39 is 23.0 Å². The molecule has 9 heteroatoms. The van der Waals surface area contributed by atoms with Crippen molar-refractivity contribution < 1.29 is 13.6 Å². The molecule has 0 aliphatic heterocycles. The van der Waals surface area contributed by atoms with E-state index in [0.717, 1.165) is 53.1 Å². The van der Waals surface area contributed by atoms with Gasteiger partial charge in [-0.2, -0.15) is 0 Å². The number of imidazole rings is 1. The number of ketones is 1. The Morgan fingerprint density at radius 2 is 2.00 bits per heavy atom. The van der Waals surface area contributed by atoms with E-state index in [1.165, 1.54) is 6.20 Å². The quantitative estimate of drug-likeness (QED) is 0.233. The fourth-order valence-electron chi connectivity index (χ4n) is 3.86. The van der Waals surface area contributed by atoms with Gasteiger partial charge in [-0.1, -0.05) is 6.07 Å². The fraction of sp³-hybridized carbons (Fsp3) is 0.125. The molecule has 5 aromatic rings. The van der Waals surface area contributed by atoms with Crippen LogP contribution in [0.3, 0.4) is 0 Å². The third kappa shape index (κ3) is 3.62. The highest BCUT2D eigenvalue weighted by Gasteiger charge is 2.24. The molecule has 0 radical (unpaired) electrons. The number of nitrogens with one attached hydrogen (secondary N) is 3. The van der Waals surface area contributed by atoms with E-state index >= 15 is 0 Å². The van der Waals surface area contributed by atoms with Crippen LogP contribution in [-0.4, -0.2) is 39.3 Å². The van der Waals surface area contributed by atoms with Gasteiger partial charge < -0.3 is 21.0 Å². The number of H-pyrrole nitrogens is 2. The molecule has 166 valence electrons. The third-order valence-corrected chi connectivity index (χ3v) is 5.60. The Labute approximate surface area is 187 Å². The van der Waals surface area contributed by atoms with Crippen LogP contribution >= 0.6 is 0 Å². The molecule has 5 N–H and O–H groups in total. The summed E-state index contributed by atoms with van der Waals surface area (Å²) in [5.74, 6) is -1.96. The lowest BCUT2D eigenvalue weighted by Gasteiger charge is -2.06. The van der Waals surface area contributed by atoms with E-state index in [-0.39, 0.29) is 11.3 Å². The van der Waals surface area contributed by atoms with E-state index in [1.807, 2.05) is 25.2 Å². The second kappa shape index (κ2) is 8.10. The van der Waals surface area contributed by atoms with Crippen LogP contribution in [0.15, 0.2) is 48.8 Å². The minimum atomic E-state index is -1.07. The summed E-state index contributed by atoms with van der Waals surface area (Å²) in [5.41, 5.74) is 8.45. The van der Waals surface area contributed by atoms with Gasteiger partial charge in [0.25, 0.3) is 0 Å². The van der Waals surface area contributed by atoms with Crippen LogP contribution < -0.4 is 11.1 Å². The maximum absolute atomic E-state index is 14.5. The summed E-state index contributed by atoms with van der Waals surface area (Å²) < 4.78 is 28.7. The predicted molar refractivity (Wildman–Crippen MR) is 123 cm³/mol. The van der Waals surface area contributed by atoms with E-state index in [2.05, 4.69) is 25.3 Å². The Morgan fingerprint density at radius 1 is 1.15 bits per heavy atom. The van der Waals surface area contributed by atoms with Crippen LogP contribution in [0.25, 0.3) is 33.2 Å². The normalized spacial score (nSPS) is 11.5. The molecule has 0 amide bonds. The van der Waals surface area contributed by atoms with Crippen LogP contribution in [0, 0.1) is 11.6 Å². The van der Waals surface area contributed by atoms with Crippen molar-refractivity contribution in [1.82, 2.24) is 25.3 Å². The van der Waals surface area contributed by atoms with Crippen molar-refractivity contribution in [3.8, 4) is 11.1 Å². The van der Waals surface area contributed by atoms with Gasteiger partial charge >= 0.3 is 0 Å². The zero-order valence-electron chi connectivity index (χ0n) is 17.7. The number of benzene rings is 2. The standard InChI is InChI=1S/C24H20F2N6O/c1-28-7-6-20-31-18-5-2-12(9-19(18)32-20)13-8-14-15(11-30-24(14)29-10-13)23(33)21-16(25)3-4-17(27)22(21)26/h2-5,8-11,28H,6-7,27H2,1H3,(H,29,30)(H,31,32). The van der Waals surface area contributed by atoms with Gasteiger partial charge in [0.2, 0.25) is 5.78 Å². The highest BCUT2D eigenvalue weighted by Crippen LogP contribution is 2.29. The highest BCUT2D eigenvalue weighted by molar-refractivity contribution is 6.16. The molecule has 33 heavy (non-hydrogen) atoms. The maximum Gasteiger partial charge on any atom is 0.201 e. The minimum absolute atomic E-state index is 0.111. The molecule has 5 rings (SSSR count). The van der Waals surface area contributed by atoms with Crippen LogP contribution in [-0.2, 0) is 6.42 Å². The van der Waals surface area contributed by atoms with Crippen molar-refractivity contribution in [2.45, 2.75) is 6.42 Å². The summed E-state index contributed by atoms with van der Waals surface area (Å²) >= 11 is 0. The average molecular weight is 446 g/mol. The van der Waals surface area contributed by atoms with Gasteiger partial charge in [0.1, 0.15) is 17.3 Å². The topological polar surface area (TPSA) is 112 Å². The number of nitrogens with two attached hydrogens (primary N) is 1. The first-order chi connectivity index (χ1) is 16.0. The maximum atomic E-state index is 14.5. The van der Waals surface area contributed by atoms with Gasteiger partial charge in [0, 0.05) is 41.9 Å². The number of likely N-dealkylation sites (N-methyl/N-ethyl adjacent to an activating group) is 1. The molecule has 0 saturated heterocycles. The van der Waals surface area contributed by atoms with E-state index in [4.69, 9.17) is 5.73 Å². The Kier molecular flexibility index (Phi) is 5.10. The molecule has 2 aromatic carbocycles. The summed E-state index contributed by atoms with van der Waals surface area (Å²) in [7, 11) is 1.89. The zero-order valence-corrected chi connectivity index (χ0v) is 17.7. The lowest BCUT2D eigenvalue weighted by molar-refractivity contribution is 0.103. The number of aromatic nitrogens is 4. The number of anilines is 1. The van der Waals surface area contributed by atoms with E-state index in [0.29, 0.717) is 11.0 Å². The molecule has 0 aliphatic carbocycles. The lowest BCUT2D eigenvalue weighted by atomic mass is 9.99. The molecular formula is C24H20F2N6O. The molecule has 0 fully saturated rings. The zero-order chi connectivity index (χ0) is 23.1. The molecule has 0 bridgehead atoms. The number of rotatable bonds is 6. The summed E-state index contributed by atoms with van der Waals surface area (Å²) in [6, 6.07) is 9.63. The van der Waals surface area contributed by atoms with Gasteiger partial charge in [-0.25, -0.2) is 18.7 Å². The van der Waals surface area contributed by atoms with Crippen molar-refractivity contribution in [2.24, 2.45) is 0 Å². The molecule has 0 saturated carbocycles. The number of carbonyl (C=O) groups excluding carboxylic acids is 1. The number of hydrogen-bond acceptors (Lipinski definition) is 5. The molecular weight excluding hydrogens is 426 g/mol. The summed E-state index contributed by atoms with van der Waals surface area (Å²) in [6.07, 6.45) is 3.85. The Hall–Kier alpha value is -4.11. The van der Waals surface area contributed by atoms with Crippen molar-refractivity contribution in [1.29, 1.82) is 0 Å². The van der Waals surface area contributed by atoms with Gasteiger partial charge in [-0.05, 0) is 42.9 Å². The van der Waals surface area contributed by atoms with Gasteiger partial charge in [-0.3, -0.25) is 4.79 Å². The van der Waals surface area contributed by atoms with Crippen LogP contribution in [0.4, 0.5) is 14.5 Å². The number of nitrogens with zero attached hydrogens (tertiary/aromatic N) is 2. The number of hydrogen-bond donors (Lipinski definition) is 4. The van der Waals surface area contributed by atoms with Crippen LogP contribution in [0.2, 0.25) is 0 Å². The number of aromatic amines is 2. The molecule has 0 unspecified atom stereocenters. The molecule has 7 nitrogen and oxygen atoms in total. The Balaban J connectivity index is 1.56. The van der Waals surface area contributed by atoms with Crippen molar-refractivity contribution in [3.05, 3.63) is 77.4 Å². The van der Waals surface area contributed by atoms with Gasteiger partial charge in [0.15, 0.2) is 5.82 Å². The second-order valence-electron chi connectivity index (χ2n) is 7.75. The number of carbonyl (C=O) groups is 1. The Morgan fingerprint density at radius 3 is 2.82 bits per heavy atom. The summed E-state index contributed by atoms with van der Waals surface area (Å²) in [4.78, 5) is 28.2. The average Bonchev–Trinajstić information content (AvgIpc) is 3.43. The molecule has 0 spiro atoms. The van der Waals surface area contributed by atoms with Crippen molar-refractivity contribution in [2.75, 3.05) is 19.3 Å². The van der Waals surface area contributed by atoms with Crippen LogP contribution in [0.5, 0.6) is 0 Å². The molecule has 3 aromatic heterocycles. The number of pyridine rings is 1. The predicted octanol–water partition coefficient (Wildman–Crippen LogP) is 3.96. The minimum Gasteiger partial charge on any atom is -0.396 e. The highest BCUT2D eigenvalue weighted by atomic mass is 19.1. The first kappa shape index (κ1) is 20.8. The largest absolute Gasteiger partial charge is 0.396 e. The van der Waals surface area contributed by atoms with Crippen molar-refractivity contribution in [3.63, 3.8) is 0 Å². The van der Waals surface area contributed by atoms with Gasteiger partial charge in [0.05, 0.1) is 22.3 Å². The monoisotopic (exact) mass is 446 g/mol. The SMILES string of the molecule is CNCCc1nc2ccc(-c3cnc4[nH]cc(C(=O)c5c(F)ccc(N)c5F)c4c3)cc2[nH]1. The fourth-order valence-corrected chi connectivity index (χ4v) is 3.86. The molecule has 3 heterocycles.